The van der Waals surface area contributed by atoms with Gasteiger partial charge in [0.05, 0.1) is 5.54 Å². The summed E-state index contributed by atoms with van der Waals surface area (Å²) in [5.41, 5.74) is 7.31. The summed E-state index contributed by atoms with van der Waals surface area (Å²) in [5, 5.41) is 0.751. The van der Waals surface area contributed by atoms with Crippen LogP contribution in [0.25, 0.3) is 0 Å². The molecule has 0 spiro atoms. The van der Waals surface area contributed by atoms with Gasteiger partial charge in [0.15, 0.2) is 0 Å². The molecule has 17 heavy (non-hydrogen) atoms. The van der Waals surface area contributed by atoms with E-state index >= 15 is 0 Å². The van der Waals surface area contributed by atoms with Gasteiger partial charge in [-0.1, -0.05) is 37.1 Å². The molecule has 1 aromatic carbocycles. The highest BCUT2D eigenvalue weighted by Gasteiger charge is 2.32. The zero-order valence-corrected chi connectivity index (χ0v) is 12.0. The van der Waals surface area contributed by atoms with Gasteiger partial charge in [0.2, 0.25) is 0 Å². The zero-order valence-electron chi connectivity index (χ0n) is 11.2. The predicted molar refractivity (Wildman–Crippen MR) is 75.4 cm³/mol. The summed E-state index contributed by atoms with van der Waals surface area (Å²) in [5.74, 6) is 0. The van der Waals surface area contributed by atoms with Crippen molar-refractivity contribution < 1.29 is 0 Å². The van der Waals surface area contributed by atoms with E-state index in [2.05, 4.69) is 32.8 Å². The smallest absolute Gasteiger partial charge is 0.0538 e. The Labute approximate surface area is 110 Å². The molecule has 0 fully saturated rings. The van der Waals surface area contributed by atoms with Gasteiger partial charge in [-0.25, -0.2) is 0 Å². The van der Waals surface area contributed by atoms with E-state index in [1.807, 2.05) is 24.3 Å². The first-order chi connectivity index (χ1) is 7.89. The molecule has 1 aromatic rings. The van der Waals surface area contributed by atoms with Gasteiger partial charge in [-0.15, -0.1) is 0 Å². The van der Waals surface area contributed by atoms with Crippen LogP contribution in [0.5, 0.6) is 0 Å². The van der Waals surface area contributed by atoms with Crippen LogP contribution in [0.15, 0.2) is 24.3 Å². The molecular formula is C14H23ClN2. The Balaban J connectivity index is 3.01. The first-order valence-corrected chi connectivity index (χ1v) is 6.48. The second kappa shape index (κ2) is 5.85. The number of nitrogens with two attached hydrogens (primary N) is 1. The van der Waals surface area contributed by atoms with E-state index in [4.69, 9.17) is 17.3 Å². The predicted octanol–water partition coefficient (Wildman–Crippen LogP) is 3.24. The van der Waals surface area contributed by atoms with Crippen molar-refractivity contribution in [1.82, 2.24) is 4.90 Å². The van der Waals surface area contributed by atoms with Gasteiger partial charge < -0.3 is 10.6 Å². The van der Waals surface area contributed by atoms with E-state index in [-0.39, 0.29) is 5.54 Å². The first-order valence-electron chi connectivity index (χ1n) is 6.11. The Morgan fingerprint density at radius 1 is 1.29 bits per heavy atom. The molecule has 2 N–H and O–H groups in total. The minimum Gasteiger partial charge on any atom is -0.320 e. The van der Waals surface area contributed by atoms with E-state index in [0.717, 1.165) is 23.4 Å². The van der Waals surface area contributed by atoms with Crippen LogP contribution in [0.1, 0.15) is 32.3 Å². The lowest BCUT2D eigenvalue weighted by atomic mass is 9.82. The Morgan fingerprint density at radius 3 is 2.24 bits per heavy atom. The van der Waals surface area contributed by atoms with Crippen LogP contribution in [0.4, 0.5) is 0 Å². The molecule has 0 saturated carbocycles. The highest BCUT2D eigenvalue weighted by Crippen LogP contribution is 2.28. The SMILES string of the molecule is CCCC(N(C)C)C(C)(N)c1ccc(Cl)cc1. The number of benzene rings is 1. The highest BCUT2D eigenvalue weighted by molar-refractivity contribution is 6.30. The van der Waals surface area contributed by atoms with E-state index in [0.29, 0.717) is 6.04 Å². The van der Waals surface area contributed by atoms with Crippen LogP contribution in [0, 0.1) is 0 Å². The Bertz CT molecular complexity index is 344. The minimum absolute atomic E-state index is 0.327. The maximum absolute atomic E-state index is 6.53. The number of hydrogen-bond donors (Lipinski definition) is 1. The van der Waals surface area contributed by atoms with Crippen molar-refractivity contribution in [2.75, 3.05) is 14.1 Å². The second-order valence-electron chi connectivity index (χ2n) is 5.06. The third-order valence-corrected chi connectivity index (χ3v) is 3.60. The number of nitrogens with zero attached hydrogens (tertiary/aromatic N) is 1. The molecule has 0 amide bonds. The monoisotopic (exact) mass is 254 g/mol. The third kappa shape index (κ3) is 3.44. The van der Waals surface area contributed by atoms with E-state index in [9.17, 15) is 0 Å². The molecule has 0 saturated heterocycles. The molecule has 2 unspecified atom stereocenters. The van der Waals surface area contributed by atoms with Crippen molar-refractivity contribution >= 4 is 11.6 Å². The summed E-state index contributed by atoms with van der Waals surface area (Å²) in [6, 6.07) is 8.18. The molecule has 0 aromatic heterocycles. The topological polar surface area (TPSA) is 29.3 Å². The maximum Gasteiger partial charge on any atom is 0.0538 e. The van der Waals surface area contributed by atoms with Gasteiger partial charge in [0.25, 0.3) is 0 Å². The summed E-state index contributed by atoms with van der Waals surface area (Å²) in [6.07, 6.45) is 2.21. The van der Waals surface area contributed by atoms with Crippen LogP contribution in [0.3, 0.4) is 0 Å². The number of likely N-dealkylation sites (N-methyl/N-ethyl adjacent to an activating group) is 1. The van der Waals surface area contributed by atoms with Crippen molar-refractivity contribution in [3.05, 3.63) is 34.9 Å². The summed E-state index contributed by atoms with van der Waals surface area (Å²) < 4.78 is 0. The van der Waals surface area contributed by atoms with E-state index in [1.54, 1.807) is 0 Å². The fraction of sp³-hybridized carbons (Fsp3) is 0.571. The summed E-state index contributed by atoms with van der Waals surface area (Å²) >= 11 is 5.91. The molecular weight excluding hydrogens is 232 g/mol. The largest absolute Gasteiger partial charge is 0.320 e. The maximum atomic E-state index is 6.53. The van der Waals surface area contributed by atoms with Crippen molar-refractivity contribution in [3.8, 4) is 0 Å². The Morgan fingerprint density at radius 2 is 1.82 bits per heavy atom. The van der Waals surface area contributed by atoms with E-state index in [1.165, 1.54) is 0 Å². The molecule has 0 radical (unpaired) electrons. The minimum atomic E-state index is -0.357. The lowest BCUT2D eigenvalue weighted by molar-refractivity contribution is 0.177. The van der Waals surface area contributed by atoms with Crippen LogP contribution >= 0.6 is 11.6 Å². The first kappa shape index (κ1) is 14.5. The molecule has 3 heteroatoms. The van der Waals surface area contributed by atoms with Gasteiger partial charge >= 0.3 is 0 Å². The molecule has 0 aliphatic carbocycles. The second-order valence-corrected chi connectivity index (χ2v) is 5.49. The van der Waals surface area contributed by atoms with Crippen molar-refractivity contribution in [2.24, 2.45) is 5.73 Å². The zero-order chi connectivity index (χ0) is 13.1. The molecule has 0 aliphatic rings. The van der Waals surface area contributed by atoms with E-state index < -0.39 is 0 Å². The normalized spacial score (nSPS) is 16.9. The van der Waals surface area contributed by atoms with Gasteiger partial charge in [-0.05, 0) is 45.1 Å². The van der Waals surface area contributed by atoms with Crippen molar-refractivity contribution in [3.63, 3.8) is 0 Å². The number of halogens is 1. The molecule has 0 aliphatic heterocycles. The molecule has 1 rings (SSSR count). The van der Waals surface area contributed by atoms with Crippen LogP contribution in [0.2, 0.25) is 5.02 Å². The van der Waals surface area contributed by atoms with Crippen molar-refractivity contribution in [1.29, 1.82) is 0 Å². The van der Waals surface area contributed by atoms with Gasteiger partial charge in [0.1, 0.15) is 0 Å². The third-order valence-electron chi connectivity index (χ3n) is 3.34. The standard InChI is InChI=1S/C14H23ClN2/c1-5-6-13(17(3)4)14(2,16)11-7-9-12(15)10-8-11/h7-10,13H,5-6,16H2,1-4H3. The average Bonchev–Trinajstić information content (AvgIpc) is 2.25. The van der Waals surface area contributed by atoms with Crippen LogP contribution in [-0.4, -0.2) is 25.0 Å². The summed E-state index contributed by atoms with van der Waals surface area (Å²) in [7, 11) is 4.17. The number of rotatable bonds is 5. The summed E-state index contributed by atoms with van der Waals surface area (Å²) in [4.78, 5) is 2.21. The molecule has 2 atom stereocenters. The van der Waals surface area contributed by atoms with Gasteiger partial charge in [-0.3, -0.25) is 0 Å². The Hall–Kier alpha value is -0.570. The fourth-order valence-electron chi connectivity index (χ4n) is 2.37. The molecule has 2 nitrogen and oxygen atoms in total. The fourth-order valence-corrected chi connectivity index (χ4v) is 2.50. The van der Waals surface area contributed by atoms with Crippen LogP contribution in [-0.2, 0) is 5.54 Å². The molecule has 96 valence electrons. The Kier molecular flexibility index (Phi) is 4.99. The highest BCUT2D eigenvalue weighted by atomic mass is 35.5. The molecule has 0 bridgehead atoms. The van der Waals surface area contributed by atoms with Gasteiger partial charge in [0, 0.05) is 11.1 Å². The molecule has 0 heterocycles. The van der Waals surface area contributed by atoms with Crippen molar-refractivity contribution in [2.45, 2.75) is 38.3 Å². The quantitative estimate of drug-likeness (QED) is 0.874. The lowest BCUT2D eigenvalue weighted by Crippen LogP contribution is -2.52. The summed E-state index contributed by atoms with van der Waals surface area (Å²) in [6.45, 7) is 4.28. The number of hydrogen-bond acceptors (Lipinski definition) is 2. The van der Waals surface area contributed by atoms with Crippen LogP contribution < -0.4 is 5.73 Å². The lowest BCUT2D eigenvalue weighted by Gasteiger charge is -2.39. The average molecular weight is 255 g/mol. The van der Waals surface area contributed by atoms with Gasteiger partial charge in [-0.2, -0.15) is 0 Å².